The molecule has 2 rings (SSSR count). The highest BCUT2D eigenvalue weighted by Crippen LogP contribution is 2.21. The molecule has 1 aromatic heterocycles. The van der Waals surface area contributed by atoms with E-state index >= 15 is 0 Å². The first kappa shape index (κ1) is 17.9. The molecule has 128 valence electrons. The Bertz CT molecular complexity index is 741. The van der Waals surface area contributed by atoms with Crippen LogP contribution in [-0.2, 0) is 9.53 Å². The van der Waals surface area contributed by atoms with Crippen LogP contribution in [0.15, 0.2) is 30.5 Å². The van der Waals surface area contributed by atoms with Crippen molar-refractivity contribution in [3.63, 3.8) is 0 Å². The van der Waals surface area contributed by atoms with Crippen LogP contribution in [0, 0.1) is 5.82 Å². The lowest BCUT2D eigenvalue weighted by Crippen LogP contribution is -2.31. The summed E-state index contributed by atoms with van der Waals surface area (Å²) in [6, 6.07) is 5.50. The number of carbonyl (C=O) groups is 2. The van der Waals surface area contributed by atoms with Gasteiger partial charge in [0.15, 0.2) is 6.10 Å². The lowest BCUT2D eigenvalue weighted by Gasteiger charge is -2.16. The van der Waals surface area contributed by atoms with E-state index in [9.17, 15) is 14.0 Å². The van der Waals surface area contributed by atoms with Gasteiger partial charge in [-0.1, -0.05) is 17.7 Å². The van der Waals surface area contributed by atoms with Crippen LogP contribution in [-0.4, -0.2) is 27.8 Å². The van der Waals surface area contributed by atoms with E-state index in [1.165, 1.54) is 19.1 Å². The first-order valence-electron chi connectivity index (χ1n) is 7.30. The summed E-state index contributed by atoms with van der Waals surface area (Å²) in [7, 11) is 0. The highest BCUT2D eigenvalue weighted by Gasteiger charge is 2.24. The van der Waals surface area contributed by atoms with Crippen molar-refractivity contribution in [2.75, 3.05) is 5.32 Å². The van der Waals surface area contributed by atoms with Gasteiger partial charge in [0.25, 0.3) is 5.91 Å². The largest absolute Gasteiger partial charge is 0.449 e. The monoisotopic (exact) mass is 353 g/mol. The molecular weight excluding hydrogens is 337 g/mol. The van der Waals surface area contributed by atoms with E-state index in [2.05, 4.69) is 10.4 Å². The second-order valence-corrected chi connectivity index (χ2v) is 5.80. The van der Waals surface area contributed by atoms with Crippen molar-refractivity contribution in [1.82, 2.24) is 9.78 Å². The molecule has 0 saturated heterocycles. The quantitative estimate of drug-likeness (QED) is 0.836. The van der Waals surface area contributed by atoms with Crippen LogP contribution in [0.2, 0.25) is 5.02 Å². The van der Waals surface area contributed by atoms with Gasteiger partial charge in [0.1, 0.15) is 17.2 Å². The molecule has 1 aromatic carbocycles. The zero-order valence-corrected chi connectivity index (χ0v) is 14.2. The minimum absolute atomic E-state index is 0.0466. The Kier molecular flexibility index (Phi) is 5.56. The van der Waals surface area contributed by atoms with Gasteiger partial charge in [0.05, 0.1) is 11.2 Å². The average molecular weight is 354 g/mol. The van der Waals surface area contributed by atoms with Gasteiger partial charge in [0.2, 0.25) is 0 Å². The summed E-state index contributed by atoms with van der Waals surface area (Å²) in [5.41, 5.74) is -0.397. The maximum Gasteiger partial charge on any atom is 0.343 e. The summed E-state index contributed by atoms with van der Waals surface area (Å²) in [5, 5.41) is 6.62. The van der Waals surface area contributed by atoms with Gasteiger partial charge >= 0.3 is 5.97 Å². The van der Waals surface area contributed by atoms with Crippen LogP contribution < -0.4 is 5.32 Å². The normalized spacial score (nSPS) is 12.1. The molecule has 0 spiro atoms. The third kappa shape index (κ3) is 3.91. The number of amides is 1. The third-order valence-corrected chi connectivity index (χ3v) is 3.55. The zero-order valence-electron chi connectivity index (χ0n) is 13.4. The molecule has 1 amide bonds. The molecule has 8 heteroatoms. The number of hydrogen-bond donors (Lipinski definition) is 1. The van der Waals surface area contributed by atoms with Crippen molar-refractivity contribution >= 4 is 29.3 Å². The number of benzene rings is 1. The molecule has 2 aromatic rings. The van der Waals surface area contributed by atoms with Crippen molar-refractivity contribution in [2.24, 2.45) is 0 Å². The Morgan fingerprint density at radius 3 is 2.62 bits per heavy atom. The second-order valence-electron chi connectivity index (χ2n) is 5.39. The lowest BCUT2D eigenvalue weighted by molar-refractivity contribution is -0.123. The Hall–Kier alpha value is -2.41. The van der Waals surface area contributed by atoms with E-state index in [0.29, 0.717) is 5.82 Å². The number of esters is 1. The van der Waals surface area contributed by atoms with E-state index in [1.807, 2.05) is 13.8 Å². The zero-order chi connectivity index (χ0) is 17.9. The van der Waals surface area contributed by atoms with E-state index in [1.54, 1.807) is 16.9 Å². The molecule has 0 aliphatic heterocycles. The van der Waals surface area contributed by atoms with Gasteiger partial charge in [-0.15, -0.1) is 0 Å². The summed E-state index contributed by atoms with van der Waals surface area (Å²) in [6.07, 6.45) is 0.412. The first-order chi connectivity index (χ1) is 11.3. The molecule has 0 bridgehead atoms. The van der Waals surface area contributed by atoms with Gasteiger partial charge in [0, 0.05) is 12.1 Å². The van der Waals surface area contributed by atoms with Crippen LogP contribution in [0.4, 0.5) is 10.2 Å². The van der Waals surface area contributed by atoms with Crippen molar-refractivity contribution < 1.29 is 18.7 Å². The molecule has 0 fully saturated rings. The minimum Gasteiger partial charge on any atom is -0.449 e. The fraction of sp³-hybridized carbons (Fsp3) is 0.312. The molecule has 1 N–H and O–H groups in total. The third-order valence-electron chi connectivity index (χ3n) is 3.23. The molecular formula is C16H17ClFN3O3. The van der Waals surface area contributed by atoms with Crippen LogP contribution in [0.1, 0.15) is 37.2 Å². The summed E-state index contributed by atoms with van der Waals surface area (Å²) in [5.74, 6) is -1.89. The smallest absolute Gasteiger partial charge is 0.343 e. The standard InChI is InChI=1S/C16H17ClFN3O3/c1-9(2)21-13(7-8-19-21)20-15(22)10(3)24-16(23)14-11(17)5-4-6-12(14)18/h4-10H,1-3H3,(H,20,22)/t10-/m1/s1. The number of nitrogens with zero attached hydrogens (tertiary/aromatic N) is 2. The van der Waals surface area contributed by atoms with E-state index < -0.39 is 29.4 Å². The minimum atomic E-state index is -1.14. The van der Waals surface area contributed by atoms with Crippen molar-refractivity contribution in [3.8, 4) is 0 Å². The predicted octanol–water partition coefficient (Wildman–Crippen LogP) is 3.44. The lowest BCUT2D eigenvalue weighted by atomic mass is 10.2. The number of halogens is 2. The molecule has 1 heterocycles. The highest BCUT2D eigenvalue weighted by molar-refractivity contribution is 6.33. The maximum atomic E-state index is 13.7. The van der Waals surface area contributed by atoms with Crippen LogP contribution >= 0.6 is 11.6 Å². The van der Waals surface area contributed by atoms with Crippen LogP contribution in [0.3, 0.4) is 0 Å². The summed E-state index contributed by atoms with van der Waals surface area (Å²) < 4.78 is 20.3. The molecule has 0 aliphatic rings. The molecule has 6 nitrogen and oxygen atoms in total. The SMILES string of the molecule is CC(C)n1nccc1NC(=O)[C@@H](C)OC(=O)c1c(F)cccc1Cl. The fourth-order valence-electron chi connectivity index (χ4n) is 2.02. The number of carbonyl (C=O) groups excluding carboxylic acids is 2. The Balaban J connectivity index is 2.06. The van der Waals surface area contributed by atoms with Gasteiger partial charge in [-0.25, -0.2) is 13.9 Å². The predicted molar refractivity (Wildman–Crippen MR) is 87.5 cm³/mol. The Labute approximate surface area is 143 Å². The number of aromatic nitrogens is 2. The van der Waals surface area contributed by atoms with Crippen LogP contribution in [0.25, 0.3) is 0 Å². The van der Waals surface area contributed by atoms with Gasteiger partial charge < -0.3 is 10.1 Å². The van der Waals surface area contributed by atoms with Gasteiger partial charge in [-0.2, -0.15) is 5.10 Å². The number of ether oxygens (including phenoxy) is 1. The highest BCUT2D eigenvalue weighted by atomic mass is 35.5. The molecule has 0 aliphatic carbocycles. The van der Waals surface area contributed by atoms with E-state index in [0.717, 1.165) is 6.07 Å². The van der Waals surface area contributed by atoms with Gasteiger partial charge in [-0.05, 0) is 32.9 Å². The summed E-state index contributed by atoms with van der Waals surface area (Å²) in [4.78, 5) is 24.2. The molecule has 24 heavy (non-hydrogen) atoms. The van der Waals surface area contributed by atoms with Crippen molar-refractivity contribution in [3.05, 3.63) is 46.9 Å². The topological polar surface area (TPSA) is 73.2 Å². The maximum absolute atomic E-state index is 13.7. The second kappa shape index (κ2) is 7.44. The van der Waals surface area contributed by atoms with E-state index in [4.69, 9.17) is 16.3 Å². The number of hydrogen-bond acceptors (Lipinski definition) is 4. The fourth-order valence-corrected chi connectivity index (χ4v) is 2.26. The van der Waals surface area contributed by atoms with Crippen LogP contribution in [0.5, 0.6) is 0 Å². The Morgan fingerprint density at radius 2 is 2.00 bits per heavy atom. The van der Waals surface area contributed by atoms with Crippen molar-refractivity contribution in [1.29, 1.82) is 0 Å². The van der Waals surface area contributed by atoms with E-state index in [-0.39, 0.29) is 11.1 Å². The molecule has 0 unspecified atom stereocenters. The number of nitrogens with one attached hydrogen (secondary N) is 1. The van der Waals surface area contributed by atoms with Gasteiger partial charge in [-0.3, -0.25) is 4.79 Å². The summed E-state index contributed by atoms with van der Waals surface area (Å²) >= 11 is 5.81. The number of rotatable bonds is 5. The molecule has 1 atom stereocenters. The number of anilines is 1. The summed E-state index contributed by atoms with van der Waals surface area (Å²) in [6.45, 7) is 5.21. The Morgan fingerprint density at radius 1 is 1.29 bits per heavy atom. The first-order valence-corrected chi connectivity index (χ1v) is 7.68. The molecule has 0 radical (unpaired) electrons. The van der Waals surface area contributed by atoms with Crippen molar-refractivity contribution in [2.45, 2.75) is 32.9 Å². The molecule has 0 saturated carbocycles. The average Bonchev–Trinajstić information content (AvgIpc) is 2.95.